The molecule has 0 saturated heterocycles. The van der Waals surface area contributed by atoms with Crippen LogP contribution in [0.25, 0.3) is 5.57 Å². The molecule has 2 unspecified atom stereocenters. The molecule has 0 spiro atoms. The predicted octanol–water partition coefficient (Wildman–Crippen LogP) is 7.52. The summed E-state index contributed by atoms with van der Waals surface area (Å²) in [5.74, 6) is -1.01. The molecule has 2 atom stereocenters. The summed E-state index contributed by atoms with van der Waals surface area (Å²) >= 11 is 0. The number of anilines is 2. The Hall–Kier alpha value is -4.25. The van der Waals surface area contributed by atoms with Crippen molar-refractivity contribution in [2.45, 2.75) is 90.7 Å². The molecular formula is C33H43F2N5O6S. The highest BCUT2D eigenvalue weighted by Gasteiger charge is 2.21. The van der Waals surface area contributed by atoms with Crippen LogP contribution in [0.15, 0.2) is 33.4 Å². The van der Waals surface area contributed by atoms with Crippen molar-refractivity contribution >= 4 is 45.2 Å². The number of pyridine rings is 1. The first-order chi connectivity index (χ1) is 21.8. The van der Waals surface area contributed by atoms with Crippen LogP contribution in [-0.2, 0) is 25.0 Å². The number of halogens is 2. The van der Waals surface area contributed by atoms with Crippen molar-refractivity contribution in [3.8, 4) is 5.88 Å². The van der Waals surface area contributed by atoms with Gasteiger partial charge in [0, 0.05) is 30.0 Å². The number of aliphatic imine (C=N–C) groups is 1. The van der Waals surface area contributed by atoms with Gasteiger partial charge in [-0.05, 0) is 91.5 Å². The number of amides is 2. The van der Waals surface area contributed by atoms with Gasteiger partial charge in [0.15, 0.2) is 5.82 Å². The van der Waals surface area contributed by atoms with E-state index < -0.39 is 44.8 Å². The van der Waals surface area contributed by atoms with Gasteiger partial charge in [-0.25, -0.2) is 18.2 Å². The van der Waals surface area contributed by atoms with Gasteiger partial charge in [-0.2, -0.15) is 9.37 Å². The van der Waals surface area contributed by atoms with Gasteiger partial charge < -0.3 is 19.5 Å². The zero-order valence-electron chi connectivity index (χ0n) is 28.1. The fraction of sp³-hybridized carbons (Fsp3) is 0.515. The van der Waals surface area contributed by atoms with E-state index in [1.54, 1.807) is 47.6 Å². The first-order valence-corrected chi connectivity index (χ1v) is 17.2. The summed E-state index contributed by atoms with van der Waals surface area (Å²) in [5, 5.41) is 5.57. The average Bonchev–Trinajstić information content (AvgIpc) is 2.90. The molecule has 2 amide bonds. The third-order valence-corrected chi connectivity index (χ3v) is 7.51. The molecule has 0 saturated carbocycles. The van der Waals surface area contributed by atoms with E-state index in [1.807, 2.05) is 6.92 Å². The zero-order valence-corrected chi connectivity index (χ0v) is 28.9. The van der Waals surface area contributed by atoms with E-state index in [9.17, 15) is 22.6 Å². The molecule has 1 aliphatic rings. The Labute approximate surface area is 275 Å². The molecule has 2 heterocycles. The number of aromatic nitrogens is 1. The normalized spacial score (nSPS) is 16.1. The number of carbonyl (C=O) groups is 2. The first kappa shape index (κ1) is 37.2. The van der Waals surface area contributed by atoms with Gasteiger partial charge in [-0.15, -0.1) is 4.36 Å². The van der Waals surface area contributed by atoms with Crippen LogP contribution in [0.2, 0.25) is 0 Å². The maximum atomic E-state index is 14.4. The van der Waals surface area contributed by atoms with E-state index >= 15 is 0 Å². The minimum atomic E-state index is -3.08. The largest absolute Gasteiger partial charge is 0.478 e. The molecule has 2 aromatic rings. The van der Waals surface area contributed by atoms with Gasteiger partial charge in [-0.1, -0.05) is 6.07 Å². The quantitative estimate of drug-likeness (QED) is 0.233. The summed E-state index contributed by atoms with van der Waals surface area (Å²) in [5.41, 5.74) is -0.101. The molecule has 0 aliphatic carbocycles. The van der Waals surface area contributed by atoms with E-state index in [4.69, 9.17) is 14.2 Å². The van der Waals surface area contributed by atoms with Crippen molar-refractivity contribution in [1.82, 2.24) is 4.98 Å². The lowest BCUT2D eigenvalue weighted by Gasteiger charge is -2.20. The number of hydrogen-bond acceptors (Lipinski definition) is 9. The molecule has 1 aromatic carbocycles. The average molecular weight is 676 g/mol. The Morgan fingerprint density at radius 1 is 1.06 bits per heavy atom. The molecule has 3 rings (SSSR count). The van der Waals surface area contributed by atoms with Gasteiger partial charge in [0.1, 0.15) is 22.8 Å². The standard InChI is InChI=1S/C33H43F2N5O6S/c1-21-15-24(26(35)19-37-21)23-11-12-25(34)27(18-23)36-13-9-10-14-44-29-17-22(16-28(38-29)39-30(41)45-32(2,3)4)20-47(8,43)40-31(42)46-33(5,6)7/h16-19,21,36H,9-10,13-15,20H2,1-8H3,(H,38,39,41). The highest BCUT2D eigenvalue weighted by Crippen LogP contribution is 2.29. The summed E-state index contributed by atoms with van der Waals surface area (Å²) in [6.45, 7) is 12.7. The number of hydrogen-bond donors (Lipinski definition) is 2. The lowest BCUT2D eigenvalue weighted by molar-refractivity contribution is 0.0603. The van der Waals surface area contributed by atoms with Crippen LogP contribution < -0.4 is 15.4 Å². The Bertz CT molecular complexity index is 1640. The first-order valence-electron chi connectivity index (χ1n) is 15.1. The fourth-order valence-corrected chi connectivity index (χ4v) is 5.48. The Morgan fingerprint density at radius 3 is 2.45 bits per heavy atom. The minimum Gasteiger partial charge on any atom is -0.478 e. The van der Waals surface area contributed by atoms with Crippen LogP contribution in [-0.4, -0.2) is 64.2 Å². The maximum absolute atomic E-state index is 14.4. The van der Waals surface area contributed by atoms with Crippen LogP contribution in [0.1, 0.15) is 78.9 Å². The summed E-state index contributed by atoms with van der Waals surface area (Å²) in [6.07, 6.45) is 2.32. The second-order valence-electron chi connectivity index (χ2n) is 13.2. The predicted molar refractivity (Wildman–Crippen MR) is 178 cm³/mol. The number of nitrogens with zero attached hydrogens (tertiary/aromatic N) is 3. The molecule has 1 aromatic heterocycles. The number of unbranched alkanes of at least 4 members (excludes halogenated alkanes) is 1. The zero-order chi connectivity index (χ0) is 35.0. The van der Waals surface area contributed by atoms with Crippen molar-refractivity contribution < 1.29 is 36.8 Å². The van der Waals surface area contributed by atoms with Crippen molar-refractivity contribution in [3.05, 3.63) is 53.1 Å². The van der Waals surface area contributed by atoms with Crippen LogP contribution in [0.3, 0.4) is 0 Å². The summed E-state index contributed by atoms with van der Waals surface area (Å²) < 4.78 is 62.0. The van der Waals surface area contributed by atoms with E-state index in [2.05, 4.69) is 37.1 Å². The molecule has 0 fully saturated rings. The van der Waals surface area contributed by atoms with Crippen LogP contribution in [0.5, 0.6) is 5.88 Å². The fourth-order valence-electron chi connectivity index (χ4n) is 4.27. The molecule has 14 heteroatoms. The van der Waals surface area contributed by atoms with E-state index in [1.165, 1.54) is 24.6 Å². The lowest BCUT2D eigenvalue weighted by atomic mass is 9.97. The highest BCUT2D eigenvalue weighted by molar-refractivity contribution is 7.92. The molecule has 11 nitrogen and oxygen atoms in total. The van der Waals surface area contributed by atoms with Crippen LogP contribution in [0, 0.1) is 17.9 Å². The molecule has 256 valence electrons. The SMILES string of the molecule is CC1CC(c2c#cc(F)c(NCCCCOc3cc(CS(C)(=O)=NC(=O)OC(C)(C)C)cc(NC(=O)OC(C)(C)C)n3)c2)=C(F)C=N1. The van der Waals surface area contributed by atoms with E-state index in [0.717, 1.165) is 0 Å². The minimum absolute atomic E-state index is 0.0861. The summed E-state index contributed by atoms with van der Waals surface area (Å²) in [7, 11) is -3.08. The third-order valence-electron chi connectivity index (χ3n) is 6.11. The van der Waals surface area contributed by atoms with Crippen molar-refractivity contribution in [3.63, 3.8) is 0 Å². The molecular weight excluding hydrogens is 632 g/mol. The Morgan fingerprint density at radius 2 is 1.77 bits per heavy atom. The molecule has 2 N–H and O–H groups in total. The van der Waals surface area contributed by atoms with Crippen molar-refractivity contribution in [1.29, 1.82) is 0 Å². The van der Waals surface area contributed by atoms with E-state index in [-0.39, 0.29) is 35.8 Å². The molecule has 47 heavy (non-hydrogen) atoms. The van der Waals surface area contributed by atoms with Gasteiger partial charge in [0.2, 0.25) is 5.88 Å². The molecule has 1 aliphatic heterocycles. The van der Waals surface area contributed by atoms with Gasteiger partial charge >= 0.3 is 12.2 Å². The van der Waals surface area contributed by atoms with Crippen molar-refractivity contribution in [2.24, 2.45) is 9.36 Å². The second kappa shape index (κ2) is 15.6. The number of rotatable bonds is 11. The number of dihydropyridines is 1. The van der Waals surface area contributed by atoms with Gasteiger partial charge in [-0.3, -0.25) is 10.3 Å². The molecule has 0 radical (unpaired) electrons. The smallest absolute Gasteiger partial charge is 0.442 e. The Kier molecular flexibility index (Phi) is 12.3. The van der Waals surface area contributed by atoms with Crippen LogP contribution >= 0.6 is 0 Å². The lowest BCUT2D eigenvalue weighted by Crippen LogP contribution is -2.27. The number of allylic oxidation sites excluding steroid dienone is 1. The number of carbonyl (C=O) groups excluding carboxylic acids is 2. The highest BCUT2D eigenvalue weighted by atomic mass is 32.2. The Balaban J connectivity index is 1.65. The second-order valence-corrected chi connectivity index (χ2v) is 15.6. The molecule has 0 bridgehead atoms. The summed E-state index contributed by atoms with van der Waals surface area (Å²) in [6, 6.07) is 9.57. The number of ether oxygens (including phenoxy) is 3. The third kappa shape index (κ3) is 13.2. The summed E-state index contributed by atoms with van der Waals surface area (Å²) in [4.78, 5) is 33.0. The topological polar surface area (TPSA) is 141 Å². The van der Waals surface area contributed by atoms with Crippen LogP contribution in [0.4, 0.5) is 29.9 Å². The van der Waals surface area contributed by atoms with Crippen molar-refractivity contribution in [2.75, 3.05) is 30.0 Å². The maximum Gasteiger partial charge on any atom is 0.442 e. The van der Waals surface area contributed by atoms with Gasteiger partial charge in [0.25, 0.3) is 0 Å². The van der Waals surface area contributed by atoms with Gasteiger partial charge in [0.05, 0.1) is 40.0 Å². The number of nitrogens with one attached hydrogen (secondary N) is 2. The monoisotopic (exact) mass is 675 g/mol. The van der Waals surface area contributed by atoms with E-state index in [0.29, 0.717) is 42.5 Å².